The molecule has 1 aliphatic heterocycles. The van der Waals surface area contributed by atoms with Gasteiger partial charge in [0.2, 0.25) is 0 Å². The largest absolute Gasteiger partial charge is 0.493 e. The summed E-state index contributed by atoms with van der Waals surface area (Å²) in [7, 11) is 3.23. The summed E-state index contributed by atoms with van der Waals surface area (Å²) in [6.45, 7) is 1.87. The SMILES string of the molecule is COc1cc2c(cc1OC)C[NH+](CC(=O)Nc1ccc(F)cc1Cl)CC2. The van der Waals surface area contributed by atoms with E-state index in [0.29, 0.717) is 18.0 Å². The zero-order chi connectivity index (χ0) is 18.7. The maximum absolute atomic E-state index is 13.1. The van der Waals surface area contributed by atoms with E-state index in [-0.39, 0.29) is 10.9 Å². The molecule has 2 aromatic carbocycles. The Kier molecular flexibility index (Phi) is 5.64. The lowest BCUT2D eigenvalue weighted by Crippen LogP contribution is -3.12. The van der Waals surface area contributed by atoms with Gasteiger partial charge in [-0.25, -0.2) is 4.39 Å². The van der Waals surface area contributed by atoms with E-state index in [0.717, 1.165) is 35.7 Å². The predicted octanol–water partition coefficient (Wildman–Crippen LogP) is 2.08. The van der Waals surface area contributed by atoms with Gasteiger partial charge in [0.15, 0.2) is 18.0 Å². The van der Waals surface area contributed by atoms with Crippen LogP contribution in [0.15, 0.2) is 30.3 Å². The third kappa shape index (κ3) is 4.08. The fourth-order valence-corrected chi connectivity index (χ4v) is 3.41. The molecule has 1 atom stereocenters. The number of benzene rings is 2. The van der Waals surface area contributed by atoms with Crippen molar-refractivity contribution in [3.05, 3.63) is 52.3 Å². The molecule has 138 valence electrons. The van der Waals surface area contributed by atoms with Gasteiger partial charge >= 0.3 is 0 Å². The second-order valence-corrected chi connectivity index (χ2v) is 6.66. The molecule has 2 aromatic rings. The number of carbonyl (C=O) groups is 1. The first-order valence-electron chi connectivity index (χ1n) is 8.32. The van der Waals surface area contributed by atoms with Crippen molar-refractivity contribution < 1.29 is 23.6 Å². The molecule has 5 nitrogen and oxygen atoms in total. The van der Waals surface area contributed by atoms with E-state index in [1.54, 1.807) is 14.2 Å². The molecule has 0 saturated heterocycles. The summed E-state index contributed by atoms with van der Waals surface area (Å²) >= 11 is 5.96. The molecule has 1 amide bonds. The summed E-state index contributed by atoms with van der Waals surface area (Å²) in [6.07, 6.45) is 0.857. The zero-order valence-electron chi connectivity index (χ0n) is 14.7. The Morgan fingerprint density at radius 3 is 2.54 bits per heavy atom. The molecule has 0 aromatic heterocycles. The average molecular weight is 380 g/mol. The van der Waals surface area contributed by atoms with Crippen LogP contribution in [0.25, 0.3) is 0 Å². The Bertz CT molecular complexity index is 829. The second kappa shape index (κ2) is 7.93. The molecule has 3 rings (SSSR count). The fraction of sp³-hybridized carbons (Fsp3) is 0.316. The van der Waals surface area contributed by atoms with Crippen LogP contribution in [-0.2, 0) is 17.8 Å². The quantitative estimate of drug-likeness (QED) is 0.836. The lowest BCUT2D eigenvalue weighted by molar-refractivity contribution is -0.907. The van der Waals surface area contributed by atoms with Crippen molar-refractivity contribution in [2.75, 3.05) is 32.6 Å². The third-order valence-electron chi connectivity index (χ3n) is 4.51. The van der Waals surface area contributed by atoms with Crippen molar-refractivity contribution in [2.45, 2.75) is 13.0 Å². The van der Waals surface area contributed by atoms with E-state index in [4.69, 9.17) is 21.1 Å². The van der Waals surface area contributed by atoms with Crippen molar-refractivity contribution in [2.24, 2.45) is 0 Å². The molecule has 7 heteroatoms. The van der Waals surface area contributed by atoms with Crippen LogP contribution in [0.1, 0.15) is 11.1 Å². The Labute approximate surface area is 156 Å². The standard InChI is InChI=1S/C19H20ClFN2O3/c1-25-17-7-12-5-6-23(10-13(12)8-18(17)26-2)11-19(24)22-16-4-3-14(21)9-15(16)20/h3-4,7-9H,5-6,10-11H2,1-2H3,(H,22,24)/p+1. The first-order valence-corrected chi connectivity index (χ1v) is 8.70. The molecule has 26 heavy (non-hydrogen) atoms. The summed E-state index contributed by atoms with van der Waals surface area (Å²) < 4.78 is 23.8. The third-order valence-corrected chi connectivity index (χ3v) is 4.82. The number of anilines is 1. The van der Waals surface area contributed by atoms with E-state index >= 15 is 0 Å². The summed E-state index contributed by atoms with van der Waals surface area (Å²) in [5, 5.41) is 2.94. The molecule has 0 radical (unpaired) electrons. The van der Waals surface area contributed by atoms with E-state index < -0.39 is 5.82 Å². The zero-order valence-corrected chi connectivity index (χ0v) is 15.5. The van der Waals surface area contributed by atoms with E-state index in [1.807, 2.05) is 12.1 Å². The number of quaternary nitrogens is 1. The fourth-order valence-electron chi connectivity index (χ4n) is 3.19. The molecular formula is C19H21ClFN2O3+. The number of nitrogens with one attached hydrogen (secondary N) is 2. The van der Waals surface area contributed by atoms with Crippen LogP contribution >= 0.6 is 11.6 Å². The maximum Gasteiger partial charge on any atom is 0.279 e. The summed E-state index contributed by atoms with van der Waals surface area (Å²) in [4.78, 5) is 13.5. The maximum atomic E-state index is 13.1. The first-order chi connectivity index (χ1) is 12.5. The van der Waals surface area contributed by atoms with Gasteiger partial charge in [-0.2, -0.15) is 0 Å². The molecule has 0 bridgehead atoms. The molecular weight excluding hydrogens is 359 g/mol. The number of fused-ring (bicyclic) bond motifs is 1. The van der Waals surface area contributed by atoms with Gasteiger partial charge < -0.3 is 19.7 Å². The van der Waals surface area contributed by atoms with Gasteiger partial charge in [-0.05, 0) is 35.9 Å². The highest BCUT2D eigenvalue weighted by molar-refractivity contribution is 6.33. The normalized spacial score (nSPS) is 15.9. The van der Waals surface area contributed by atoms with Gasteiger partial charge in [-0.1, -0.05) is 11.6 Å². The van der Waals surface area contributed by atoms with Crippen LogP contribution in [0.3, 0.4) is 0 Å². The van der Waals surface area contributed by atoms with Crippen LogP contribution in [-0.4, -0.2) is 33.2 Å². The summed E-state index contributed by atoms with van der Waals surface area (Å²) in [5.41, 5.74) is 2.78. The van der Waals surface area contributed by atoms with Gasteiger partial charge in [-0.15, -0.1) is 0 Å². The monoisotopic (exact) mass is 379 g/mol. The lowest BCUT2D eigenvalue weighted by atomic mass is 9.99. The number of rotatable bonds is 5. The number of hydrogen-bond donors (Lipinski definition) is 2. The molecule has 1 heterocycles. The van der Waals surface area contributed by atoms with Crippen molar-refractivity contribution >= 4 is 23.2 Å². The number of halogens is 2. The van der Waals surface area contributed by atoms with Crippen molar-refractivity contribution in [3.63, 3.8) is 0 Å². The highest BCUT2D eigenvalue weighted by atomic mass is 35.5. The lowest BCUT2D eigenvalue weighted by Gasteiger charge is -2.26. The Hall–Kier alpha value is -2.31. The number of carbonyl (C=O) groups excluding carboxylic acids is 1. The number of amides is 1. The van der Waals surface area contributed by atoms with Crippen LogP contribution in [0.4, 0.5) is 10.1 Å². The van der Waals surface area contributed by atoms with Crippen LogP contribution in [0.5, 0.6) is 11.5 Å². The number of hydrogen-bond acceptors (Lipinski definition) is 3. The van der Waals surface area contributed by atoms with E-state index in [9.17, 15) is 9.18 Å². The second-order valence-electron chi connectivity index (χ2n) is 6.25. The van der Waals surface area contributed by atoms with Crippen molar-refractivity contribution in [1.82, 2.24) is 0 Å². The van der Waals surface area contributed by atoms with Gasteiger partial charge in [0.1, 0.15) is 12.4 Å². The topological polar surface area (TPSA) is 52.0 Å². The minimum Gasteiger partial charge on any atom is -0.493 e. The van der Waals surface area contributed by atoms with Gasteiger partial charge in [0.05, 0.1) is 31.5 Å². The Balaban J connectivity index is 1.66. The van der Waals surface area contributed by atoms with Gasteiger partial charge in [0, 0.05) is 12.0 Å². The van der Waals surface area contributed by atoms with Crippen LogP contribution in [0, 0.1) is 5.82 Å². The highest BCUT2D eigenvalue weighted by Gasteiger charge is 2.24. The first kappa shape index (κ1) is 18.5. The van der Waals surface area contributed by atoms with Gasteiger partial charge in [-0.3, -0.25) is 4.79 Å². The molecule has 1 aliphatic rings. The summed E-state index contributed by atoms with van der Waals surface area (Å²) in [5.74, 6) is 0.821. The van der Waals surface area contributed by atoms with E-state index in [2.05, 4.69) is 5.32 Å². The molecule has 2 N–H and O–H groups in total. The van der Waals surface area contributed by atoms with Crippen molar-refractivity contribution in [3.8, 4) is 11.5 Å². The molecule has 0 saturated carbocycles. The Morgan fingerprint density at radius 2 is 1.88 bits per heavy atom. The van der Waals surface area contributed by atoms with Crippen LogP contribution < -0.4 is 19.7 Å². The minimum absolute atomic E-state index is 0.155. The molecule has 0 spiro atoms. The number of methoxy groups -OCH3 is 2. The molecule has 1 unspecified atom stereocenters. The van der Waals surface area contributed by atoms with E-state index in [1.165, 1.54) is 23.8 Å². The average Bonchev–Trinajstić information content (AvgIpc) is 2.62. The minimum atomic E-state index is -0.435. The highest BCUT2D eigenvalue weighted by Crippen LogP contribution is 2.31. The van der Waals surface area contributed by atoms with Gasteiger partial charge in [0.25, 0.3) is 5.91 Å². The molecule has 0 fully saturated rings. The predicted molar refractivity (Wildman–Crippen MR) is 97.7 cm³/mol. The summed E-state index contributed by atoms with van der Waals surface area (Å²) in [6, 6.07) is 7.89. The van der Waals surface area contributed by atoms with Crippen molar-refractivity contribution in [1.29, 1.82) is 0 Å². The Morgan fingerprint density at radius 1 is 1.19 bits per heavy atom. The van der Waals surface area contributed by atoms with Crippen LogP contribution in [0.2, 0.25) is 5.02 Å². The number of ether oxygens (including phenoxy) is 2. The molecule has 0 aliphatic carbocycles. The smallest absolute Gasteiger partial charge is 0.279 e.